The molecule has 0 amide bonds. The first kappa shape index (κ1) is 13.9. The van der Waals surface area contributed by atoms with E-state index in [4.69, 9.17) is 0 Å². The van der Waals surface area contributed by atoms with E-state index in [1.807, 2.05) is 20.3 Å². The standard InChI is InChI=1S/C5H7O2.C3H7.U/c1-4-2-3-7-5(4)6;1-3-2;/h2-3H2,1H3;3H,1-2H3;/q2*-1;+2. The van der Waals surface area contributed by atoms with Crippen molar-refractivity contribution in [1.82, 2.24) is 0 Å². The summed E-state index contributed by atoms with van der Waals surface area (Å²) in [6.07, 6.45) is 2.82. The van der Waals surface area contributed by atoms with E-state index in [0.717, 1.165) is 12.3 Å². The Morgan fingerprint density at radius 1 is 1.55 bits per heavy atom. The van der Waals surface area contributed by atoms with Crippen LogP contribution in [0.3, 0.4) is 0 Å². The van der Waals surface area contributed by atoms with E-state index in [9.17, 15) is 4.79 Å². The van der Waals surface area contributed by atoms with E-state index >= 15 is 0 Å². The van der Waals surface area contributed by atoms with Crippen molar-refractivity contribution in [2.24, 2.45) is 0 Å². The van der Waals surface area contributed by atoms with Crippen molar-refractivity contribution in [1.29, 1.82) is 0 Å². The third-order valence-corrected chi connectivity index (χ3v) is 1.06. The molecule has 0 aromatic heterocycles. The van der Waals surface area contributed by atoms with Gasteiger partial charge in [-0.15, -0.1) is 6.42 Å². The summed E-state index contributed by atoms with van der Waals surface area (Å²) in [5.74, 6) is 0.722. The van der Waals surface area contributed by atoms with Crippen LogP contribution < -0.4 is 0 Å². The van der Waals surface area contributed by atoms with Crippen LogP contribution in [-0.2, 0) is 9.53 Å². The Labute approximate surface area is 92.4 Å². The maximum Gasteiger partial charge on any atom is 2.00 e. The van der Waals surface area contributed by atoms with Crippen molar-refractivity contribution < 1.29 is 40.6 Å². The van der Waals surface area contributed by atoms with E-state index in [0.29, 0.717) is 6.61 Å². The molecule has 0 aliphatic carbocycles. The van der Waals surface area contributed by atoms with E-state index in [-0.39, 0.29) is 37.1 Å². The third-order valence-electron chi connectivity index (χ3n) is 1.06. The molecule has 2 nitrogen and oxygen atoms in total. The largest absolute Gasteiger partial charge is 2.00 e. The van der Waals surface area contributed by atoms with Gasteiger partial charge >= 0.3 is 31.1 Å². The van der Waals surface area contributed by atoms with Crippen molar-refractivity contribution in [3.05, 3.63) is 12.3 Å². The summed E-state index contributed by atoms with van der Waals surface area (Å²) in [7, 11) is 0. The van der Waals surface area contributed by atoms with Crippen LogP contribution in [0.25, 0.3) is 0 Å². The number of cyclic esters (lactones) is 1. The maximum atomic E-state index is 10.3. The van der Waals surface area contributed by atoms with Gasteiger partial charge in [0.1, 0.15) is 0 Å². The second kappa shape index (κ2) is 8.49. The summed E-state index contributed by atoms with van der Waals surface area (Å²) in [6, 6.07) is 0. The molecule has 11 heavy (non-hydrogen) atoms. The van der Waals surface area contributed by atoms with Crippen molar-refractivity contribution in [3.63, 3.8) is 0 Å². The molecule has 0 aromatic rings. The molecule has 62 valence electrons. The average Bonchev–Trinajstić information content (AvgIpc) is 2.19. The van der Waals surface area contributed by atoms with Crippen LogP contribution in [0.5, 0.6) is 0 Å². The number of rotatable bonds is 0. The molecule has 1 aliphatic heterocycles. The first-order valence-corrected chi connectivity index (χ1v) is 3.46. The molecule has 1 saturated heterocycles. The van der Waals surface area contributed by atoms with Gasteiger partial charge in [0, 0.05) is 0 Å². The molecule has 3 heteroatoms. The Kier molecular flexibility index (Phi) is 10.8. The van der Waals surface area contributed by atoms with Gasteiger partial charge in [-0.25, -0.2) is 0 Å². The first-order valence-electron chi connectivity index (χ1n) is 3.46. The number of hydrogen-bond acceptors (Lipinski definition) is 2. The van der Waals surface area contributed by atoms with Crippen LogP contribution in [0.4, 0.5) is 0 Å². The normalized spacial score (nSPS) is 14.5. The fraction of sp³-hybridized carbons (Fsp3) is 0.625. The molecular formula is C8H14O2U. The summed E-state index contributed by atoms with van der Waals surface area (Å²) >= 11 is 0. The molecule has 0 unspecified atom stereocenters. The van der Waals surface area contributed by atoms with Crippen LogP contribution in [0.15, 0.2) is 0 Å². The van der Waals surface area contributed by atoms with Crippen molar-refractivity contribution in [2.45, 2.75) is 27.2 Å². The molecule has 1 heterocycles. The van der Waals surface area contributed by atoms with Gasteiger partial charge in [-0.3, -0.25) is 10.7 Å². The van der Waals surface area contributed by atoms with Crippen molar-refractivity contribution in [3.8, 4) is 0 Å². The van der Waals surface area contributed by atoms with Gasteiger partial charge in [0.2, 0.25) is 0 Å². The molecule has 0 saturated carbocycles. The Morgan fingerprint density at radius 3 is 2.09 bits per heavy atom. The van der Waals surface area contributed by atoms with Gasteiger partial charge in [-0.2, -0.15) is 20.8 Å². The van der Waals surface area contributed by atoms with Crippen LogP contribution in [-0.4, -0.2) is 12.6 Å². The molecule has 0 spiro atoms. The molecule has 0 aromatic carbocycles. The number of carbonyl (C=O) groups excluding carboxylic acids is 1. The van der Waals surface area contributed by atoms with E-state index in [1.165, 1.54) is 0 Å². The predicted molar refractivity (Wildman–Crippen MR) is 40.1 cm³/mol. The molecular weight excluding hydrogens is 366 g/mol. The Hall–Kier alpha value is 0.392. The van der Waals surface area contributed by atoms with Gasteiger partial charge < -0.3 is 11.2 Å². The second-order valence-electron chi connectivity index (χ2n) is 2.24. The fourth-order valence-corrected chi connectivity index (χ4v) is 0.522. The quantitative estimate of drug-likeness (QED) is 0.473. The Morgan fingerprint density at radius 2 is 2.00 bits per heavy atom. The summed E-state index contributed by atoms with van der Waals surface area (Å²) in [4.78, 5) is 10.3. The first-order chi connectivity index (χ1) is 4.72. The van der Waals surface area contributed by atoms with Crippen LogP contribution in [0.1, 0.15) is 27.2 Å². The maximum absolute atomic E-state index is 10.3. The smallest absolute Gasteiger partial charge is 0.490 e. The molecule has 0 bridgehead atoms. The van der Waals surface area contributed by atoms with Crippen molar-refractivity contribution >= 4 is 5.97 Å². The summed E-state index contributed by atoms with van der Waals surface area (Å²) in [6.45, 7) is 6.39. The zero-order chi connectivity index (χ0) is 7.98. The number of hydrogen-bond donors (Lipinski definition) is 0. The SMILES string of the molecule is C[C-]1CCOC1=O.C[CH-]C.[U+2]. The zero-order valence-electron chi connectivity index (χ0n) is 7.31. The number of ether oxygens (including phenoxy) is 1. The molecule has 1 rings (SSSR count). The van der Waals surface area contributed by atoms with Gasteiger partial charge in [0.05, 0.1) is 6.61 Å². The minimum atomic E-state index is -0.125. The van der Waals surface area contributed by atoms with Crippen LogP contribution >= 0.6 is 0 Å². The van der Waals surface area contributed by atoms with E-state index in [1.54, 1.807) is 6.92 Å². The fourth-order valence-electron chi connectivity index (χ4n) is 0.522. The topological polar surface area (TPSA) is 26.3 Å². The molecule has 1 fully saturated rings. The number of esters is 1. The minimum Gasteiger partial charge on any atom is -0.490 e. The van der Waals surface area contributed by atoms with Gasteiger partial charge in [-0.1, -0.05) is 0 Å². The van der Waals surface area contributed by atoms with Crippen molar-refractivity contribution in [2.75, 3.05) is 6.61 Å². The molecule has 0 N–H and O–H groups in total. The third kappa shape index (κ3) is 6.78. The Balaban J connectivity index is 0. The summed E-state index contributed by atoms with van der Waals surface area (Å²) in [5, 5.41) is 0. The monoisotopic (exact) mass is 380 g/mol. The van der Waals surface area contributed by atoms with Crippen LogP contribution in [0.2, 0.25) is 0 Å². The molecule has 0 atom stereocenters. The summed E-state index contributed by atoms with van der Waals surface area (Å²) in [5.41, 5.74) is 0. The van der Waals surface area contributed by atoms with Gasteiger partial charge in [0.25, 0.3) is 0 Å². The van der Waals surface area contributed by atoms with E-state index < -0.39 is 0 Å². The number of carbonyl (C=O) groups is 1. The predicted octanol–water partition coefficient (Wildman–Crippen LogP) is 1.76. The zero-order valence-corrected chi connectivity index (χ0v) is 11.5. The Bertz CT molecular complexity index is 104. The second-order valence-corrected chi connectivity index (χ2v) is 2.24. The summed E-state index contributed by atoms with van der Waals surface area (Å²) < 4.78 is 4.59. The van der Waals surface area contributed by atoms with Gasteiger partial charge in [0.15, 0.2) is 5.97 Å². The van der Waals surface area contributed by atoms with Gasteiger partial charge in [-0.05, 0) is 0 Å². The molecule has 0 radical (unpaired) electrons. The van der Waals surface area contributed by atoms with Crippen LogP contribution in [0, 0.1) is 43.5 Å². The minimum absolute atomic E-state index is 0. The van der Waals surface area contributed by atoms with E-state index in [2.05, 4.69) is 4.74 Å². The average molecular weight is 380 g/mol. The molecule has 1 aliphatic rings.